The van der Waals surface area contributed by atoms with E-state index in [0.29, 0.717) is 0 Å². The molecule has 0 aliphatic heterocycles. The summed E-state index contributed by atoms with van der Waals surface area (Å²) in [6, 6.07) is 0. The molecule has 0 radical (unpaired) electrons. The number of hydrogen-bond acceptors (Lipinski definition) is 0. The van der Waals surface area contributed by atoms with Crippen molar-refractivity contribution in [2.45, 2.75) is 0 Å². The van der Waals surface area contributed by atoms with Crippen LogP contribution in [0.5, 0.6) is 0 Å². The summed E-state index contributed by atoms with van der Waals surface area (Å²) in [6.07, 6.45) is 0. The molecule has 5 heteroatoms. The molecule has 0 atom stereocenters. The van der Waals surface area contributed by atoms with Crippen molar-refractivity contribution in [1.82, 2.24) is 0 Å². The Labute approximate surface area is 156 Å². The summed E-state index contributed by atoms with van der Waals surface area (Å²) in [5.41, 5.74) is 0. The average Bonchev–Trinajstić information content (AvgIpc) is 0. The van der Waals surface area contributed by atoms with Crippen molar-refractivity contribution >= 4 is 60.8 Å². The minimum absolute atomic E-state index is 0. The van der Waals surface area contributed by atoms with Crippen LogP contribution in [0.15, 0.2) is 0 Å². The van der Waals surface area contributed by atoms with Crippen LogP contribution in [0.2, 0.25) is 0 Å². The van der Waals surface area contributed by atoms with Crippen molar-refractivity contribution in [1.29, 1.82) is 0 Å². The Morgan fingerprint density at radius 3 is 1.00 bits per heavy atom. The van der Waals surface area contributed by atoms with Crippen LogP contribution in [-0.4, -0.2) is 60.8 Å². The predicted molar refractivity (Wildman–Crippen MR) is 17.1 cm³/mol. The van der Waals surface area contributed by atoms with Crippen LogP contribution in [0.25, 0.3) is 0 Å². The van der Waals surface area contributed by atoms with Gasteiger partial charge in [-0.3, -0.25) is 0 Å². The molecule has 0 saturated carbocycles. The van der Waals surface area contributed by atoms with Gasteiger partial charge in [-0.2, -0.15) is 0 Å². The molecule has 22 valence electrons. The minimum atomic E-state index is 0. The van der Waals surface area contributed by atoms with Crippen molar-refractivity contribution in [2.75, 3.05) is 0 Å². The van der Waals surface area contributed by atoms with E-state index in [-0.39, 0.29) is 161 Å². The maximum atomic E-state index is 0. The monoisotopic (exact) mass is 432 g/mol. The summed E-state index contributed by atoms with van der Waals surface area (Å²) in [4.78, 5) is 0. The topological polar surface area (TPSA) is 0 Å². The van der Waals surface area contributed by atoms with Gasteiger partial charge in [-0.05, 0) is 0 Å². The summed E-state index contributed by atoms with van der Waals surface area (Å²) in [5, 5.41) is 0. The zero-order valence-electron chi connectivity index (χ0n) is 1.56. The summed E-state index contributed by atoms with van der Waals surface area (Å²) in [6.45, 7) is 0. The van der Waals surface area contributed by atoms with Gasteiger partial charge in [-0.1, -0.05) is 0 Å². The Bertz CT molecular complexity index is 11.6. The van der Waals surface area contributed by atoms with Crippen LogP contribution >= 0.6 is 0 Å². The van der Waals surface area contributed by atoms with Crippen molar-refractivity contribution in [3.8, 4) is 0 Å². The molecule has 0 N–H and O–H groups in total. The number of rotatable bonds is 0. The average molecular weight is 435 g/mol. The van der Waals surface area contributed by atoms with Crippen molar-refractivity contribution in [3.63, 3.8) is 0 Å². The van der Waals surface area contributed by atoms with Crippen molar-refractivity contribution in [2.24, 2.45) is 0 Å². The zero-order valence-corrected chi connectivity index (χ0v) is 10.0. The molecule has 0 fully saturated rings. The van der Waals surface area contributed by atoms with Crippen LogP contribution in [0.3, 0.4) is 0 Å². The first-order valence-electron chi connectivity index (χ1n) is 0. The molecule has 0 nitrogen and oxygen atoms in total. The SMILES string of the molecule is [CaH2].[Gd].[MgH2].[Nd].[Zn]. The Kier molecular flexibility index (Phi) is 144. The van der Waals surface area contributed by atoms with Gasteiger partial charge >= 0.3 is 60.8 Å². The molecule has 0 aliphatic rings. The van der Waals surface area contributed by atoms with E-state index in [2.05, 4.69) is 0 Å². The molecule has 0 amide bonds. The summed E-state index contributed by atoms with van der Waals surface area (Å²) < 4.78 is 0. The van der Waals surface area contributed by atoms with E-state index in [4.69, 9.17) is 0 Å². The smallest absolute Gasteiger partial charge is 0 e. The van der Waals surface area contributed by atoms with E-state index in [1.807, 2.05) is 0 Å². The van der Waals surface area contributed by atoms with Gasteiger partial charge in [0.25, 0.3) is 0 Å². The quantitative estimate of drug-likeness (QED) is 0.393. The van der Waals surface area contributed by atoms with Crippen LogP contribution < -0.4 is 0 Å². The van der Waals surface area contributed by atoms with Gasteiger partial charge in [-0.25, -0.2) is 0 Å². The van der Waals surface area contributed by atoms with Gasteiger partial charge in [0, 0.05) is 100 Å². The van der Waals surface area contributed by atoms with E-state index < -0.39 is 0 Å². The van der Waals surface area contributed by atoms with E-state index in [9.17, 15) is 0 Å². The van der Waals surface area contributed by atoms with E-state index in [1.165, 1.54) is 0 Å². The van der Waals surface area contributed by atoms with Gasteiger partial charge in [0.2, 0.25) is 0 Å². The zero-order chi connectivity index (χ0) is 0. The first-order chi connectivity index (χ1) is 0. The van der Waals surface area contributed by atoms with Gasteiger partial charge in [0.05, 0.1) is 0 Å². The molecule has 0 aromatic heterocycles. The van der Waals surface area contributed by atoms with Crippen LogP contribution in [0.4, 0.5) is 0 Å². The molecular weight excluding hydrogens is 431 g/mol. The molecule has 5 heavy (non-hydrogen) atoms. The first-order valence-corrected chi connectivity index (χ1v) is 0. The normalized spacial score (nSPS) is 0. The second-order valence-electron chi connectivity index (χ2n) is 0. The van der Waals surface area contributed by atoms with Gasteiger partial charge < -0.3 is 0 Å². The Morgan fingerprint density at radius 2 is 1.00 bits per heavy atom. The van der Waals surface area contributed by atoms with Crippen LogP contribution in [0, 0.1) is 80.8 Å². The third-order valence-corrected chi connectivity index (χ3v) is 0. The fraction of sp³-hybridized carbons (Fsp3) is 0. The van der Waals surface area contributed by atoms with Gasteiger partial charge in [0.15, 0.2) is 0 Å². The molecule has 0 spiro atoms. The molecule has 0 heterocycles. The van der Waals surface area contributed by atoms with E-state index in [1.54, 1.807) is 0 Å². The molecular formula is H4CaGdMgNdZn. The standard InChI is InChI=1S/Ca.Gd.Mg.Nd.Zn.4H. The Balaban J connectivity index is 0. The molecule has 0 saturated heterocycles. The Morgan fingerprint density at radius 1 is 1.00 bits per heavy atom. The molecule has 0 unspecified atom stereocenters. The third kappa shape index (κ3) is 17.6. The van der Waals surface area contributed by atoms with Crippen LogP contribution in [0.1, 0.15) is 0 Å². The molecule has 0 bridgehead atoms. The van der Waals surface area contributed by atoms with Gasteiger partial charge in [0.1, 0.15) is 0 Å². The second kappa shape index (κ2) is 22.8. The van der Waals surface area contributed by atoms with E-state index in [0.717, 1.165) is 0 Å². The molecule has 0 aromatic carbocycles. The fourth-order valence-electron chi connectivity index (χ4n) is 0. The Hall–Kier alpha value is 5.32. The van der Waals surface area contributed by atoms with Gasteiger partial charge in [-0.15, -0.1) is 0 Å². The first kappa shape index (κ1) is 31.7. The largest absolute Gasteiger partial charge is 0.316 e. The summed E-state index contributed by atoms with van der Waals surface area (Å²) >= 11 is 0. The van der Waals surface area contributed by atoms with Crippen molar-refractivity contribution < 1.29 is 100 Å². The minimum Gasteiger partial charge on any atom is 0 e. The van der Waals surface area contributed by atoms with Crippen molar-refractivity contribution in [3.05, 3.63) is 0 Å². The maximum absolute atomic E-state index is 0. The summed E-state index contributed by atoms with van der Waals surface area (Å²) in [5.74, 6) is 0. The predicted octanol–water partition coefficient (Wildman–Crippen LogP) is -1.83. The third-order valence-electron chi connectivity index (χ3n) is 0. The van der Waals surface area contributed by atoms with E-state index >= 15 is 0 Å². The number of hydrogen-bond donors (Lipinski definition) is 0. The molecule has 0 aliphatic carbocycles. The molecule has 0 aromatic rings. The second-order valence-corrected chi connectivity index (χ2v) is 0. The fourth-order valence-corrected chi connectivity index (χ4v) is 0. The molecule has 0 rings (SSSR count). The maximum Gasteiger partial charge on any atom is 0.316 e. The summed E-state index contributed by atoms with van der Waals surface area (Å²) in [7, 11) is 0. The van der Waals surface area contributed by atoms with Crippen LogP contribution in [-0.2, 0) is 19.5 Å².